The number of nitrogens with one attached hydrogen (secondary N) is 1. The van der Waals surface area contributed by atoms with Gasteiger partial charge in [-0.2, -0.15) is 0 Å². The minimum Gasteiger partial charge on any atom is -0.342 e. The van der Waals surface area contributed by atoms with Gasteiger partial charge < -0.3 is 10.2 Å². The van der Waals surface area contributed by atoms with E-state index in [9.17, 15) is 4.39 Å². The van der Waals surface area contributed by atoms with Crippen molar-refractivity contribution in [1.29, 1.82) is 0 Å². The van der Waals surface area contributed by atoms with Crippen LogP contribution in [-0.4, -0.2) is 16.1 Å². The molecule has 2 nitrogen and oxygen atoms in total. The SMILES string of the molecule is Cc1ccc(NC(=S)N(Cc2ccccc2F)C2CC2)c(Cl)c1. The van der Waals surface area contributed by atoms with Gasteiger partial charge in [-0.05, 0) is 55.7 Å². The minimum absolute atomic E-state index is 0.200. The third-order valence-electron chi connectivity index (χ3n) is 3.91. The first-order valence-corrected chi connectivity index (χ1v) is 8.40. The molecule has 0 bridgehead atoms. The fraction of sp³-hybridized carbons (Fsp3) is 0.278. The summed E-state index contributed by atoms with van der Waals surface area (Å²) in [5.41, 5.74) is 2.52. The van der Waals surface area contributed by atoms with Crippen LogP contribution in [0.4, 0.5) is 10.1 Å². The van der Waals surface area contributed by atoms with Crippen LogP contribution >= 0.6 is 23.8 Å². The molecule has 3 rings (SSSR count). The van der Waals surface area contributed by atoms with Crippen molar-refractivity contribution in [3.05, 3.63) is 64.4 Å². The maximum Gasteiger partial charge on any atom is 0.174 e. The second-order valence-corrected chi connectivity index (χ2v) is 6.66. The summed E-state index contributed by atoms with van der Waals surface area (Å²) in [4.78, 5) is 2.05. The van der Waals surface area contributed by atoms with E-state index >= 15 is 0 Å². The van der Waals surface area contributed by atoms with Gasteiger partial charge in [-0.1, -0.05) is 35.9 Å². The molecule has 0 amide bonds. The lowest BCUT2D eigenvalue weighted by atomic mass is 10.2. The van der Waals surface area contributed by atoms with E-state index in [0.29, 0.717) is 28.3 Å². The molecule has 0 unspecified atom stereocenters. The molecule has 0 spiro atoms. The van der Waals surface area contributed by atoms with Gasteiger partial charge in [0.05, 0.1) is 10.7 Å². The summed E-state index contributed by atoms with van der Waals surface area (Å²) < 4.78 is 13.9. The van der Waals surface area contributed by atoms with Crippen LogP contribution in [0.2, 0.25) is 5.02 Å². The Hall–Kier alpha value is -1.65. The molecule has 0 aliphatic heterocycles. The monoisotopic (exact) mass is 348 g/mol. The summed E-state index contributed by atoms with van der Waals surface area (Å²) in [6.07, 6.45) is 2.16. The van der Waals surface area contributed by atoms with E-state index in [1.54, 1.807) is 12.1 Å². The van der Waals surface area contributed by atoms with Gasteiger partial charge in [-0.3, -0.25) is 0 Å². The van der Waals surface area contributed by atoms with Crippen LogP contribution in [0.3, 0.4) is 0 Å². The first kappa shape index (κ1) is 16.2. The van der Waals surface area contributed by atoms with Gasteiger partial charge in [0.15, 0.2) is 5.11 Å². The summed E-state index contributed by atoms with van der Waals surface area (Å²) in [7, 11) is 0. The smallest absolute Gasteiger partial charge is 0.174 e. The first-order chi connectivity index (χ1) is 11.0. The Morgan fingerprint density at radius 2 is 2.04 bits per heavy atom. The van der Waals surface area contributed by atoms with Gasteiger partial charge in [0.1, 0.15) is 5.82 Å². The normalized spacial score (nSPS) is 13.7. The van der Waals surface area contributed by atoms with Crippen LogP contribution in [-0.2, 0) is 6.54 Å². The summed E-state index contributed by atoms with van der Waals surface area (Å²) >= 11 is 11.8. The topological polar surface area (TPSA) is 15.3 Å². The van der Waals surface area contributed by atoms with E-state index in [1.165, 1.54) is 6.07 Å². The molecule has 1 N–H and O–H groups in total. The van der Waals surface area contributed by atoms with E-state index < -0.39 is 0 Å². The van der Waals surface area contributed by atoms with Crippen molar-refractivity contribution in [3.8, 4) is 0 Å². The molecule has 0 saturated heterocycles. The average molecular weight is 349 g/mol. The molecule has 0 atom stereocenters. The van der Waals surface area contributed by atoms with E-state index in [4.69, 9.17) is 23.8 Å². The lowest BCUT2D eigenvalue weighted by Gasteiger charge is -2.26. The number of nitrogens with zero attached hydrogens (tertiary/aromatic N) is 1. The number of thiocarbonyl (C=S) groups is 1. The standard InChI is InChI=1S/C18H18ClFN2S/c1-12-6-9-17(15(19)10-12)21-18(23)22(14-7-8-14)11-13-4-2-3-5-16(13)20/h2-6,9-10,14H,7-8,11H2,1H3,(H,21,23). The molecule has 2 aromatic carbocycles. The van der Waals surface area contributed by atoms with Gasteiger partial charge in [0, 0.05) is 18.2 Å². The van der Waals surface area contributed by atoms with Crippen LogP contribution in [0.5, 0.6) is 0 Å². The Kier molecular flexibility index (Phi) is 4.83. The molecule has 23 heavy (non-hydrogen) atoms. The molecule has 0 radical (unpaired) electrons. The highest BCUT2D eigenvalue weighted by molar-refractivity contribution is 7.80. The van der Waals surface area contributed by atoms with Crippen LogP contribution < -0.4 is 5.32 Å². The molecule has 5 heteroatoms. The highest BCUT2D eigenvalue weighted by Gasteiger charge is 2.31. The second kappa shape index (κ2) is 6.85. The van der Waals surface area contributed by atoms with Gasteiger partial charge in [0.25, 0.3) is 0 Å². The highest BCUT2D eigenvalue weighted by Crippen LogP contribution is 2.30. The molecular formula is C18H18ClFN2S. The molecule has 1 fully saturated rings. The predicted molar refractivity (Wildman–Crippen MR) is 97.4 cm³/mol. The zero-order valence-electron chi connectivity index (χ0n) is 12.9. The lowest BCUT2D eigenvalue weighted by Crippen LogP contribution is -2.36. The fourth-order valence-electron chi connectivity index (χ4n) is 2.47. The van der Waals surface area contributed by atoms with Gasteiger partial charge >= 0.3 is 0 Å². The van der Waals surface area contributed by atoms with Crippen molar-refractivity contribution >= 4 is 34.6 Å². The maximum atomic E-state index is 13.9. The van der Waals surface area contributed by atoms with Crippen LogP contribution in [0.1, 0.15) is 24.0 Å². The van der Waals surface area contributed by atoms with Crippen molar-refractivity contribution in [1.82, 2.24) is 4.90 Å². The van der Waals surface area contributed by atoms with Crippen LogP contribution in [0, 0.1) is 12.7 Å². The number of benzene rings is 2. The summed E-state index contributed by atoms with van der Waals surface area (Å²) in [6.45, 7) is 2.45. The van der Waals surface area contributed by atoms with Crippen molar-refractivity contribution in [2.24, 2.45) is 0 Å². The first-order valence-electron chi connectivity index (χ1n) is 7.62. The van der Waals surface area contributed by atoms with E-state index in [2.05, 4.69) is 5.32 Å². The fourth-order valence-corrected chi connectivity index (χ4v) is 3.08. The minimum atomic E-state index is -0.200. The average Bonchev–Trinajstić information content (AvgIpc) is 3.34. The van der Waals surface area contributed by atoms with Crippen molar-refractivity contribution in [3.63, 3.8) is 0 Å². The third-order valence-corrected chi connectivity index (χ3v) is 4.56. The van der Waals surface area contributed by atoms with Crippen molar-refractivity contribution in [2.75, 3.05) is 5.32 Å². The Bertz CT molecular complexity index is 731. The maximum absolute atomic E-state index is 13.9. The van der Waals surface area contributed by atoms with Gasteiger partial charge in [-0.25, -0.2) is 4.39 Å². The number of aryl methyl sites for hydroxylation is 1. The molecule has 120 valence electrons. The van der Waals surface area contributed by atoms with Crippen LogP contribution in [0.25, 0.3) is 0 Å². The van der Waals surface area contributed by atoms with E-state index in [0.717, 1.165) is 24.1 Å². The quantitative estimate of drug-likeness (QED) is 0.769. The van der Waals surface area contributed by atoms with E-state index in [1.807, 2.05) is 36.1 Å². The van der Waals surface area contributed by atoms with Crippen LogP contribution in [0.15, 0.2) is 42.5 Å². The molecule has 0 heterocycles. The molecule has 0 aromatic heterocycles. The molecular weight excluding hydrogens is 331 g/mol. The number of halogens is 2. The molecule has 1 saturated carbocycles. The number of anilines is 1. The Morgan fingerprint density at radius 1 is 1.30 bits per heavy atom. The Balaban J connectivity index is 1.76. The van der Waals surface area contributed by atoms with Gasteiger partial charge in [-0.15, -0.1) is 0 Å². The summed E-state index contributed by atoms with van der Waals surface area (Å²) in [6, 6.07) is 13.0. The predicted octanol–water partition coefficient (Wildman–Crippen LogP) is 5.15. The molecule has 1 aliphatic rings. The second-order valence-electron chi connectivity index (χ2n) is 5.86. The summed E-state index contributed by atoms with van der Waals surface area (Å²) in [5.74, 6) is -0.200. The number of hydrogen-bond acceptors (Lipinski definition) is 1. The van der Waals surface area contributed by atoms with E-state index in [-0.39, 0.29) is 5.82 Å². The lowest BCUT2D eigenvalue weighted by molar-refractivity contribution is 0.400. The number of rotatable bonds is 4. The van der Waals surface area contributed by atoms with Gasteiger partial charge in [0.2, 0.25) is 0 Å². The zero-order valence-corrected chi connectivity index (χ0v) is 14.4. The summed E-state index contributed by atoms with van der Waals surface area (Å²) in [5, 5.41) is 4.42. The van der Waals surface area contributed by atoms with Crippen molar-refractivity contribution < 1.29 is 4.39 Å². The Labute approximate surface area is 146 Å². The largest absolute Gasteiger partial charge is 0.342 e. The molecule has 1 aliphatic carbocycles. The zero-order chi connectivity index (χ0) is 16.4. The highest BCUT2D eigenvalue weighted by atomic mass is 35.5. The third kappa shape index (κ3) is 4.01. The van der Waals surface area contributed by atoms with Crippen molar-refractivity contribution in [2.45, 2.75) is 32.4 Å². The molecule has 2 aromatic rings. The Morgan fingerprint density at radius 3 is 2.70 bits per heavy atom. The number of hydrogen-bond donors (Lipinski definition) is 1.